The SMILES string of the molecule is O=C(CSc1nnc(-c2ccccc2)n1Cc1ccco1)NCCc1ccccc1. The first kappa shape index (κ1) is 20.0. The summed E-state index contributed by atoms with van der Waals surface area (Å²) >= 11 is 1.37. The molecular formula is C23H22N4O2S. The van der Waals surface area contributed by atoms with Gasteiger partial charge in [0.05, 0.1) is 18.6 Å². The molecule has 2 aromatic heterocycles. The van der Waals surface area contributed by atoms with E-state index >= 15 is 0 Å². The van der Waals surface area contributed by atoms with Crippen molar-refractivity contribution in [2.24, 2.45) is 0 Å². The number of nitrogens with zero attached hydrogens (tertiary/aromatic N) is 3. The number of aromatic nitrogens is 3. The highest BCUT2D eigenvalue weighted by molar-refractivity contribution is 7.99. The average molecular weight is 419 g/mol. The molecule has 6 nitrogen and oxygen atoms in total. The van der Waals surface area contributed by atoms with Crippen molar-refractivity contribution in [3.8, 4) is 11.4 Å². The van der Waals surface area contributed by atoms with Crippen LogP contribution in [0, 0.1) is 0 Å². The summed E-state index contributed by atoms with van der Waals surface area (Å²) < 4.78 is 7.49. The van der Waals surface area contributed by atoms with Gasteiger partial charge in [-0.3, -0.25) is 9.36 Å². The first-order valence-electron chi connectivity index (χ1n) is 9.74. The third kappa shape index (κ3) is 5.18. The molecule has 2 aromatic carbocycles. The van der Waals surface area contributed by atoms with E-state index in [0.717, 1.165) is 23.6 Å². The topological polar surface area (TPSA) is 73.0 Å². The lowest BCUT2D eigenvalue weighted by Crippen LogP contribution is -2.27. The van der Waals surface area contributed by atoms with Gasteiger partial charge in [-0.25, -0.2) is 0 Å². The van der Waals surface area contributed by atoms with Crippen LogP contribution in [-0.2, 0) is 17.8 Å². The predicted octanol–water partition coefficient (Wildman–Crippen LogP) is 4.04. The molecule has 30 heavy (non-hydrogen) atoms. The van der Waals surface area contributed by atoms with E-state index in [1.54, 1.807) is 6.26 Å². The first-order chi connectivity index (χ1) is 14.8. The Bertz CT molecular complexity index is 1060. The number of carbonyl (C=O) groups is 1. The van der Waals surface area contributed by atoms with Crippen molar-refractivity contribution < 1.29 is 9.21 Å². The molecule has 0 fully saturated rings. The molecule has 4 rings (SSSR count). The third-order valence-corrected chi connectivity index (χ3v) is 5.52. The van der Waals surface area contributed by atoms with E-state index in [1.807, 2.05) is 65.2 Å². The Morgan fingerprint density at radius 2 is 1.73 bits per heavy atom. The third-order valence-electron chi connectivity index (χ3n) is 4.55. The second-order valence-electron chi connectivity index (χ2n) is 6.71. The lowest BCUT2D eigenvalue weighted by atomic mass is 10.1. The number of hydrogen-bond acceptors (Lipinski definition) is 5. The van der Waals surface area contributed by atoms with Gasteiger partial charge in [-0.05, 0) is 24.1 Å². The van der Waals surface area contributed by atoms with Crippen LogP contribution < -0.4 is 5.32 Å². The molecule has 0 radical (unpaired) electrons. The molecule has 0 spiro atoms. The molecule has 0 aliphatic carbocycles. The number of benzene rings is 2. The van der Waals surface area contributed by atoms with Crippen LogP contribution in [0.2, 0.25) is 0 Å². The zero-order valence-corrected chi connectivity index (χ0v) is 17.2. The number of hydrogen-bond donors (Lipinski definition) is 1. The van der Waals surface area contributed by atoms with Crippen LogP contribution in [0.3, 0.4) is 0 Å². The van der Waals surface area contributed by atoms with Crippen LogP contribution >= 0.6 is 11.8 Å². The maximum absolute atomic E-state index is 12.3. The summed E-state index contributed by atoms with van der Waals surface area (Å²) in [5.41, 5.74) is 2.17. The minimum atomic E-state index is -0.0234. The predicted molar refractivity (Wildman–Crippen MR) is 117 cm³/mol. The van der Waals surface area contributed by atoms with Gasteiger partial charge in [0.1, 0.15) is 5.76 Å². The van der Waals surface area contributed by atoms with Crippen LogP contribution in [0.5, 0.6) is 0 Å². The summed E-state index contributed by atoms with van der Waals surface area (Å²) in [6, 6.07) is 23.8. The van der Waals surface area contributed by atoms with Gasteiger partial charge in [0, 0.05) is 12.1 Å². The van der Waals surface area contributed by atoms with Crippen molar-refractivity contribution in [2.45, 2.75) is 18.1 Å². The van der Waals surface area contributed by atoms with E-state index in [4.69, 9.17) is 4.42 Å². The highest BCUT2D eigenvalue weighted by Crippen LogP contribution is 2.25. The van der Waals surface area contributed by atoms with E-state index in [2.05, 4.69) is 27.6 Å². The van der Waals surface area contributed by atoms with Crippen molar-refractivity contribution in [1.29, 1.82) is 0 Å². The van der Waals surface area contributed by atoms with Gasteiger partial charge < -0.3 is 9.73 Å². The van der Waals surface area contributed by atoms with Gasteiger partial charge in [-0.15, -0.1) is 10.2 Å². The molecule has 152 valence electrons. The molecule has 0 atom stereocenters. The van der Waals surface area contributed by atoms with E-state index in [0.29, 0.717) is 18.2 Å². The number of rotatable bonds is 9. The highest BCUT2D eigenvalue weighted by atomic mass is 32.2. The largest absolute Gasteiger partial charge is 0.467 e. The van der Waals surface area contributed by atoms with Crippen molar-refractivity contribution in [3.05, 3.63) is 90.4 Å². The number of nitrogens with one attached hydrogen (secondary N) is 1. The summed E-state index contributed by atoms with van der Waals surface area (Å²) in [4.78, 5) is 12.3. The number of amides is 1. The molecule has 0 saturated carbocycles. The summed E-state index contributed by atoms with van der Waals surface area (Å²) in [5, 5.41) is 12.3. The molecule has 0 unspecified atom stereocenters. The molecule has 0 aliphatic heterocycles. The summed E-state index contributed by atoms with van der Waals surface area (Å²) in [5.74, 6) is 1.81. The zero-order chi connectivity index (χ0) is 20.6. The van der Waals surface area contributed by atoms with Crippen LogP contribution in [0.1, 0.15) is 11.3 Å². The Morgan fingerprint density at radius 3 is 2.47 bits per heavy atom. The second-order valence-corrected chi connectivity index (χ2v) is 7.65. The fourth-order valence-corrected chi connectivity index (χ4v) is 3.84. The van der Waals surface area contributed by atoms with Crippen LogP contribution in [0.25, 0.3) is 11.4 Å². The Kier molecular flexibility index (Phi) is 6.61. The van der Waals surface area contributed by atoms with Gasteiger partial charge >= 0.3 is 0 Å². The lowest BCUT2D eigenvalue weighted by molar-refractivity contribution is -0.118. The first-order valence-corrected chi connectivity index (χ1v) is 10.7. The fraction of sp³-hybridized carbons (Fsp3) is 0.174. The maximum Gasteiger partial charge on any atom is 0.230 e. The lowest BCUT2D eigenvalue weighted by Gasteiger charge is -2.09. The van der Waals surface area contributed by atoms with Crippen molar-refractivity contribution >= 4 is 17.7 Å². The van der Waals surface area contributed by atoms with Gasteiger partial charge in [-0.2, -0.15) is 0 Å². The van der Waals surface area contributed by atoms with Crippen molar-refractivity contribution in [3.63, 3.8) is 0 Å². The molecule has 0 bridgehead atoms. The Balaban J connectivity index is 1.40. The second kappa shape index (κ2) is 9.93. The Hall–Kier alpha value is -3.32. The molecule has 1 N–H and O–H groups in total. The van der Waals surface area contributed by atoms with Crippen molar-refractivity contribution in [1.82, 2.24) is 20.1 Å². The monoisotopic (exact) mass is 418 g/mol. The summed E-state index contributed by atoms with van der Waals surface area (Å²) in [6.45, 7) is 1.11. The molecule has 4 aromatic rings. The van der Waals surface area contributed by atoms with E-state index < -0.39 is 0 Å². The minimum absolute atomic E-state index is 0.0234. The van der Waals surface area contributed by atoms with Gasteiger partial charge in [0.25, 0.3) is 0 Å². The van der Waals surface area contributed by atoms with Crippen LogP contribution in [0.4, 0.5) is 0 Å². The highest BCUT2D eigenvalue weighted by Gasteiger charge is 2.16. The van der Waals surface area contributed by atoms with E-state index in [-0.39, 0.29) is 11.7 Å². The molecule has 2 heterocycles. The van der Waals surface area contributed by atoms with E-state index in [1.165, 1.54) is 17.3 Å². The fourth-order valence-electron chi connectivity index (χ4n) is 3.07. The molecule has 0 aliphatic rings. The molecule has 1 amide bonds. The summed E-state index contributed by atoms with van der Waals surface area (Å²) in [7, 11) is 0. The number of furan rings is 1. The standard InChI is InChI=1S/C23H22N4O2S/c28-21(24-14-13-18-8-3-1-4-9-18)17-30-23-26-25-22(19-10-5-2-6-11-19)27(23)16-20-12-7-15-29-20/h1-12,15H,13-14,16-17H2,(H,24,28). The van der Waals surface area contributed by atoms with Crippen LogP contribution in [0.15, 0.2) is 88.6 Å². The molecular weight excluding hydrogens is 396 g/mol. The maximum atomic E-state index is 12.3. The smallest absolute Gasteiger partial charge is 0.230 e. The average Bonchev–Trinajstić information content (AvgIpc) is 3.44. The number of carbonyl (C=O) groups excluding carboxylic acids is 1. The van der Waals surface area contributed by atoms with Crippen molar-refractivity contribution in [2.75, 3.05) is 12.3 Å². The van der Waals surface area contributed by atoms with Gasteiger partial charge in [0.15, 0.2) is 11.0 Å². The molecule has 0 saturated heterocycles. The van der Waals surface area contributed by atoms with Gasteiger partial charge in [0.2, 0.25) is 5.91 Å². The zero-order valence-electron chi connectivity index (χ0n) is 16.4. The van der Waals surface area contributed by atoms with Crippen LogP contribution in [-0.4, -0.2) is 33.0 Å². The summed E-state index contributed by atoms with van der Waals surface area (Å²) in [6.07, 6.45) is 2.46. The Morgan fingerprint density at radius 1 is 0.967 bits per heavy atom. The number of thioether (sulfide) groups is 1. The Labute approximate surface area is 179 Å². The van der Waals surface area contributed by atoms with Gasteiger partial charge in [-0.1, -0.05) is 72.4 Å². The normalized spacial score (nSPS) is 10.8. The molecule has 7 heteroatoms. The van der Waals surface area contributed by atoms with E-state index in [9.17, 15) is 4.79 Å². The minimum Gasteiger partial charge on any atom is -0.467 e. The quantitative estimate of drug-likeness (QED) is 0.415.